The van der Waals surface area contributed by atoms with Gasteiger partial charge < -0.3 is 30.8 Å². The first-order chi connectivity index (χ1) is 12.9. The molecule has 0 bridgehead atoms. The molecular weight excluding hydrogens is 352 g/mol. The van der Waals surface area contributed by atoms with Crippen molar-refractivity contribution in [3.05, 3.63) is 30.5 Å². The number of nitrogens with zero attached hydrogens (tertiary/aromatic N) is 1. The Kier molecular flexibility index (Phi) is 7.04. The number of methoxy groups -OCH3 is 1. The van der Waals surface area contributed by atoms with Crippen molar-refractivity contribution in [3.8, 4) is 5.75 Å². The van der Waals surface area contributed by atoms with E-state index in [4.69, 9.17) is 10.5 Å². The Morgan fingerprint density at radius 2 is 2.07 bits per heavy atom. The second kappa shape index (κ2) is 9.46. The summed E-state index contributed by atoms with van der Waals surface area (Å²) in [5.74, 6) is -0.763. The zero-order valence-electron chi connectivity index (χ0n) is 15.1. The molecule has 3 amide bonds. The van der Waals surface area contributed by atoms with Crippen LogP contribution in [-0.2, 0) is 16.1 Å². The van der Waals surface area contributed by atoms with Crippen molar-refractivity contribution in [1.82, 2.24) is 15.2 Å². The summed E-state index contributed by atoms with van der Waals surface area (Å²) in [6.07, 6.45) is 2.58. The number of fused-ring (bicyclic) bond motifs is 1. The number of nitrogens with one attached hydrogen (secondary N) is 2. The number of aromatic nitrogens is 1. The van der Waals surface area contributed by atoms with Crippen LogP contribution < -0.4 is 21.1 Å². The quantitative estimate of drug-likeness (QED) is 0.460. The van der Waals surface area contributed by atoms with Crippen molar-refractivity contribution in [2.24, 2.45) is 5.73 Å². The van der Waals surface area contributed by atoms with Crippen molar-refractivity contribution >= 4 is 28.8 Å². The van der Waals surface area contributed by atoms with E-state index >= 15 is 0 Å². The van der Waals surface area contributed by atoms with E-state index in [2.05, 4.69) is 10.6 Å². The van der Waals surface area contributed by atoms with Crippen LogP contribution in [0.1, 0.15) is 19.3 Å². The second-order valence-electron chi connectivity index (χ2n) is 6.05. The molecule has 9 heteroatoms. The smallest absolute Gasteiger partial charge is 0.326 e. The Balaban J connectivity index is 1.90. The number of urea groups is 1. The Bertz CT molecular complexity index is 817. The van der Waals surface area contributed by atoms with E-state index in [0.717, 1.165) is 10.9 Å². The monoisotopic (exact) mass is 376 g/mol. The van der Waals surface area contributed by atoms with Gasteiger partial charge in [-0.25, -0.2) is 9.59 Å². The number of carboxylic acid groups (broad SMARTS) is 1. The number of benzene rings is 1. The molecule has 146 valence electrons. The van der Waals surface area contributed by atoms with Gasteiger partial charge in [0, 0.05) is 31.1 Å². The number of aliphatic carboxylic acids is 1. The number of carbonyl (C=O) groups excluding carboxylic acids is 2. The zero-order valence-corrected chi connectivity index (χ0v) is 15.1. The predicted octanol–water partition coefficient (Wildman–Crippen LogP) is 1.06. The number of amides is 3. The molecule has 1 heterocycles. The fourth-order valence-corrected chi connectivity index (χ4v) is 2.84. The van der Waals surface area contributed by atoms with Gasteiger partial charge in [-0.15, -0.1) is 0 Å². The Labute approximate surface area is 156 Å². The second-order valence-corrected chi connectivity index (χ2v) is 6.05. The van der Waals surface area contributed by atoms with E-state index in [1.54, 1.807) is 7.11 Å². The minimum atomic E-state index is -1.12. The summed E-state index contributed by atoms with van der Waals surface area (Å²) in [6.45, 7) is 0.648. The van der Waals surface area contributed by atoms with Crippen molar-refractivity contribution in [2.75, 3.05) is 13.7 Å². The molecule has 2 rings (SSSR count). The number of aryl methyl sites for hydroxylation is 1. The number of rotatable bonds is 10. The first-order valence-electron chi connectivity index (χ1n) is 8.59. The third-order valence-corrected chi connectivity index (χ3v) is 4.15. The maximum absolute atomic E-state index is 12.2. The van der Waals surface area contributed by atoms with Crippen LogP contribution in [0.3, 0.4) is 0 Å². The van der Waals surface area contributed by atoms with Crippen LogP contribution in [0.5, 0.6) is 5.75 Å². The molecule has 0 aliphatic rings. The molecule has 2 aromatic rings. The molecule has 27 heavy (non-hydrogen) atoms. The lowest BCUT2D eigenvalue weighted by Gasteiger charge is -2.15. The molecule has 0 unspecified atom stereocenters. The maximum atomic E-state index is 12.2. The molecule has 1 aromatic carbocycles. The highest BCUT2D eigenvalue weighted by Gasteiger charge is 2.19. The lowest BCUT2D eigenvalue weighted by molar-refractivity contribution is -0.142. The number of primary amides is 1. The van der Waals surface area contributed by atoms with Gasteiger partial charge in [0.15, 0.2) is 0 Å². The van der Waals surface area contributed by atoms with Gasteiger partial charge in [0.05, 0.1) is 12.6 Å². The van der Waals surface area contributed by atoms with Crippen molar-refractivity contribution in [2.45, 2.75) is 31.8 Å². The summed E-state index contributed by atoms with van der Waals surface area (Å²) in [5, 5.41) is 15.1. The highest BCUT2D eigenvalue weighted by atomic mass is 16.5. The first-order valence-corrected chi connectivity index (χ1v) is 8.59. The molecule has 0 aliphatic heterocycles. The lowest BCUT2D eigenvalue weighted by atomic mass is 10.1. The van der Waals surface area contributed by atoms with Gasteiger partial charge in [0.25, 0.3) is 0 Å². The van der Waals surface area contributed by atoms with Crippen molar-refractivity contribution < 1.29 is 24.2 Å². The van der Waals surface area contributed by atoms with Crippen LogP contribution in [0.2, 0.25) is 0 Å². The zero-order chi connectivity index (χ0) is 19.8. The number of carboxylic acids is 1. The van der Waals surface area contributed by atoms with Crippen LogP contribution in [-0.4, -0.2) is 47.3 Å². The maximum Gasteiger partial charge on any atom is 0.326 e. The largest absolute Gasteiger partial charge is 0.495 e. The fraction of sp³-hybridized carbons (Fsp3) is 0.389. The molecule has 0 fully saturated rings. The van der Waals surface area contributed by atoms with Gasteiger partial charge in [-0.05, 0) is 25.0 Å². The van der Waals surface area contributed by atoms with Crippen molar-refractivity contribution in [3.63, 3.8) is 0 Å². The molecule has 5 N–H and O–H groups in total. The van der Waals surface area contributed by atoms with Crippen molar-refractivity contribution in [1.29, 1.82) is 0 Å². The van der Waals surface area contributed by atoms with Crippen LogP contribution in [0.25, 0.3) is 10.9 Å². The van der Waals surface area contributed by atoms with Crippen LogP contribution in [0.15, 0.2) is 30.5 Å². The molecule has 0 saturated heterocycles. The van der Waals surface area contributed by atoms with Gasteiger partial charge in [0.1, 0.15) is 11.8 Å². The molecule has 1 atom stereocenters. The van der Waals surface area contributed by atoms with Gasteiger partial charge in [-0.3, -0.25) is 4.79 Å². The van der Waals surface area contributed by atoms with Crippen LogP contribution >= 0.6 is 0 Å². The highest BCUT2D eigenvalue weighted by Crippen LogP contribution is 2.26. The lowest BCUT2D eigenvalue weighted by Crippen LogP contribution is -2.41. The van der Waals surface area contributed by atoms with E-state index < -0.39 is 18.0 Å². The summed E-state index contributed by atoms with van der Waals surface area (Å²) in [4.78, 5) is 34.1. The molecule has 0 spiro atoms. The molecule has 0 radical (unpaired) electrons. The topological polar surface area (TPSA) is 136 Å². The summed E-state index contributed by atoms with van der Waals surface area (Å²) in [6, 6.07) is 5.95. The van der Waals surface area contributed by atoms with Crippen LogP contribution in [0, 0.1) is 0 Å². The summed E-state index contributed by atoms with van der Waals surface area (Å²) in [7, 11) is 1.59. The first kappa shape index (κ1) is 20.1. The molecule has 0 aliphatic carbocycles. The van der Waals surface area contributed by atoms with E-state index in [1.807, 2.05) is 35.0 Å². The number of nitrogens with two attached hydrogens (primary N) is 1. The number of hydrogen-bond acceptors (Lipinski definition) is 4. The summed E-state index contributed by atoms with van der Waals surface area (Å²) in [5.41, 5.74) is 5.84. The number of para-hydroxylation sites is 1. The molecular formula is C18H24N4O5. The average molecular weight is 376 g/mol. The third-order valence-electron chi connectivity index (χ3n) is 4.15. The summed E-state index contributed by atoms with van der Waals surface area (Å²) >= 11 is 0. The number of carbonyl (C=O) groups is 3. The third kappa shape index (κ3) is 5.63. The van der Waals surface area contributed by atoms with Gasteiger partial charge in [-0.2, -0.15) is 0 Å². The Morgan fingerprint density at radius 1 is 1.30 bits per heavy atom. The van der Waals surface area contributed by atoms with Gasteiger partial charge in [0.2, 0.25) is 5.91 Å². The predicted molar refractivity (Wildman–Crippen MR) is 99.5 cm³/mol. The minimum Gasteiger partial charge on any atom is -0.495 e. The normalized spacial score (nSPS) is 11.7. The molecule has 0 saturated carbocycles. The minimum absolute atomic E-state index is 0.130. The fourth-order valence-electron chi connectivity index (χ4n) is 2.84. The van der Waals surface area contributed by atoms with E-state index in [0.29, 0.717) is 18.7 Å². The Morgan fingerprint density at radius 3 is 2.74 bits per heavy atom. The number of ether oxygens (including phenoxy) is 1. The van der Waals surface area contributed by atoms with Crippen LogP contribution in [0.4, 0.5) is 4.79 Å². The van der Waals surface area contributed by atoms with E-state index in [1.165, 1.54) is 0 Å². The molecule has 1 aromatic heterocycles. The average Bonchev–Trinajstić information content (AvgIpc) is 3.05. The molecule has 9 nitrogen and oxygen atoms in total. The standard InChI is InChI=1S/C18H24N4O5/c1-27-14-6-2-4-12-7-10-22(16(12)14)11-8-15(23)21-13(17(24)25)5-3-9-20-18(19)26/h2,4,6-7,10,13H,3,5,8-9,11H2,1H3,(H,21,23)(H,24,25)(H3,19,20,26)/t13-/m1/s1. The van der Waals surface area contributed by atoms with Gasteiger partial charge in [-0.1, -0.05) is 12.1 Å². The number of hydrogen-bond donors (Lipinski definition) is 4. The van der Waals surface area contributed by atoms with E-state index in [9.17, 15) is 19.5 Å². The highest BCUT2D eigenvalue weighted by molar-refractivity contribution is 5.86. The Hall–Kier alpha value is -3.23. The van der Waals surface area contributed by atoms with Gasteiger partial charge >= 0.3 is 12.0 Å². The van der Waals surface area contributed by atoms with E-state index in [-0.39, 0.29) is 25.3 Å². The summed E-state index contributed by atoms with van der Waals surface area (Å²) < 4.78 is 7.27. The SMILES string of the molecule is COc1cccc2ccn(CCC(=O)N[C@H](CCCNC(N)=O)C(=O)O)c12.